The van der Waals surface area contributed by atoms with Gasteiger partial charge in [-0.1, -0.05) is 23.7 Å². The average Bonchev–Trinajstić information content (AvgIpc) is 2.20. The third-order valence-corrected chi connectivity index (χ3v) is 2.20. The Balaban J connectivity index is 2.60. The number of amides is 1. The van der Waals surface area contributed by atoms with Crippen molar-refractivity contribution in [2.75, 3.05) is 7.05 Å². The Kier molecular flexibility index (Phi) is 3.92. The summed E-state index contributed by atoms with van der Waals surface area (Å²) in [6.45, 7) is 0. The van der Waals surface area contributed by atoms with Gasteiger partial charge in [-0.05, 0) is 24.1 Å². The number of halogens is 1. The van der Waals surface area contributed by atoms with E-state index in [1.807, 2.05) is 12.1 Å². The standard InChI is InChI=1S/C10H13ClN2O/c1-13-10(14)9(12)6-7-2-4-8(11)5-3-7/h2-5,9H,6,12H2,1H3,(H,13,14)/t9-/m0/s1. The quantitative estimate of drug-likeness (QED) is 0.784. The molecule has 76 valence electrons. The van der Waals surface area contributed by atoms with E-state index in [9.17, 15) is 4.79 Å². The van der Waals surface area contributed by atoms with Crippen LogP contribution in [-0.2, 0) is 11.2 Å². The molecule has 14 heavy (non-hydrogen) atoms. The van der Waals surface area contributed by atoms with Crippen LogP contribution in [0.25, 0.3) is 0 Å². The molecule has 1 amide bonds. The van der Waals surface area contributed by atoms with Crippen molar-refractivity contribution in [3.8, 4) is 0 Å². The number of hydrogen-bond donors (Lipinski definition) is 2. The summed E-state index contributed by atoms with van der Waals surface area (Å²) < 4.78 is 0. The van der Waals surface area contributed by atoms with E-state index >= 15 is 0 Å². The lowest BCUT2D eigenvalue weighted by Crippen LogP contribution is -2.40. The van der Waals surface area contributed by atoms with Crippen LogP contribution >= 0.6 is 11.6 Å². The van der Waals surface area contributed by atoms with Crippen LogP contribution in [0.1, 0.15) is 5.56 Å². The van der Waals surface area contributed by atoms with Gasteiger partial charge in [-0.25, -0.2) is 0 Å². The van der Waals surface area contributed by atoms with E-state index < -0.39 is 6.04 Å². The van der Waals surface area contributed by atoms with E-state index in [-0.39, 0.29) is 5.91 Å². The van der Waals surface area contributed by atoms with Crippen molar-refractivity contribution < 1.29 is 4.79 Å². The zero-order chi connectivity index (χ0) is 10.6. The molecular formula is C10H13ClN2O. The molecule has 3 nitrogen and oxygen atoms in total. The number of carbonyl (C=O) groups excluding carboxylic acids is 1. The first kappa shape index (κ1) is 11.0. The van der Waals surface area contributed by atoms with E-state index in [0.717, 1.165) is 5.56 Å². The Morgan fingerprint density at radius 3 is 2.57 bits per heavy atom. The fourth-order valence-corrected chi connectivity index (χ4v) is 1.28. The number of carbonyl (C=O) groups is 1. The monoisotopic (exact) mass is 212 g/mol. The molecule has 0 aliphatic heterocycles. The summed E-state index contributed by atoms with van der Waals surface area (Å²) in [4.78, 5) is 11.1. The van der Waals surface area contributed by atoms with Crippen LogP contribution in [-0.4, -0.2) is 19.0 Å². The van der Waals surface area contributed by atoms with E-state index in [1.54, 1.807) is 19.2 Å². The zero-order valence-electron chi connectivity index (χ0n) is 7.96. The highest BCUT2D eigenvalue weighted by Gasteiger charge is 2.11. The molecule has 0 radical (unpaired) electrons. The predicted molar refractivity (Wildman–Crippen MR) is 57.2 cm³/mol. The summed E-state index contributed by atoms with van der Waals surface area (Å²) in [6, 6.07) is 6.80. The van der Waals surface area contributed by atoms with Crippen LogP contribution in [0.2, 0.25) is 5.02 Å². The maximum Gasteiger partial charge on any atom is 0.237 e. The molecule has 0 aromatic heterocycles. The smallest absolute Gasteiger partial charge is 0.237 e. The van der Waals surface area contributed by atoms with Gasteiger partial charge < -0.3 is 11.1 Å². The molecule has 1 atom stereocenters. The van der Waals surface area contributed by atoms with Crippen molar-refractivity contribution in [1.29, 1.82) is 0 Å². The lowest BCUT2D eigenvalue weighted by Gasteiger charge is -2.09. The van der Waals surface area contributed by atoms with Crippen molar-refractivity contribution in [3.63, 3.8) is 0 Å². The SMILES string of the molecule is CNC(=O)[C@@H](N)Cc1ccc(Cl)cc1. The maximum atomic E-state index is 11.1. The van der Waals surface area contributed by atoms with E-state index in [2.05, 4.69) is 5.32 Å². The minimum absolute atomic E-state index is 0.153. The molecule has 4 heteroatoms. The Labute approximate surface area is 88.2 Å². The minimum Gasteiger partial charge on any atom is -0.358 e. The molecule has 0 heterocycles. The largest absolute Gasteiger partial charge is 0.358 e. The van der Waals surface area contributed by atoms with Crippen LogP contribution in [0.15, 0.2) is 24.3 Å². The van der Waals surface area contributed by atoms with Gasteiger partial charge in [0.2, 0.25) is 5.91 Å². The predicted octanol–water partition coefficient (Wildman–Crippen LogP) is 0.956. The molecule has 0 saturated carbocycles. The van der Waals surface area contributed by atoms with Crippen LogP contribution in [0.4, 0.5) is 0 Å². The lowest BCUT2D eigenvalue weighted by atomic mass is 10.1. The van der Waals surface area contributed by atoms with Crippen LogP contribution in [0.3, 0.4) is 0 Å². The van der Waals surface area contributed by atoms with Crippen molar-refractivity contribution in [2.24, 2.45) is 5.73 Å². The summed E-state index contributed by atoms with van der Waals surface area (Å²) in [6.07, 6.45) is 0.525. The molecule has 0 aliphatic carbocycles. The van der Waals surface area contributed by atoms with Crippen molar-refractivity contribution in [2.45, 2.75) is 12.5 Å². The van der Waals surface area contributed by atoms with Gasteiger partial charge in [0.05, 0.1) is 6.04 Å². The Hall–Kier alpha value is -1.06. The normalized spacial score (nSPS) is 12.2. The van der Waals surface area contributed by atoms with Crippen LogP contribution < -0.4 is 11.1 Å². The number of nitrogens with two attached hydrogens (primary N) is 1. The molecule has 0 fully saturated rings. The summed E-state index contributed by atoms with van der Waals surface area (Å²) in [5.74, 6) is -0.153. The third-order valence-electron chi connectivity index (χ3n) is 1.95. The van der Waals surface area contributed by atoms with Crippen molar-refractivity contribution >= 4 is 17.5 Å². The number of nitrogens with one attached hydrogen (secondary N) is 1. The first-order valence-electron chi connectivity index (χ1n) is 4.35. The van der Waals surface area contributed by atoms with E-state index in [1.165, 1.54) is 0 Å². The highest BCUT2D eigenvalue weighted by atomic mass is 35.5. The number of benzene rings is 1. The average molecular weight is 213 g/mol. The summed E-state index contributed by atoms with van der Waals surface area (Å²) in [5, 5.41) is 3.19. The lowest BCUT2D eigenvalue weighted by molar-refractivity contribution is -0.121. The molecule has 1 aromatic rings. The third kappa shape index (κ3) is 3.01. The van der Waals surface area contributed by atoms with Crippen LogP contribution in [0.5, 0.6) is 0 Å². The Bertz CT molecular complexity index is 310. The molecule has 0 spiro atoms. The first-order valence-corrected chi connectivity index (χ1v) is 4.73. The van der Waals surface area contributed by atoms with Gasteiger partial charge in [0.15, 0.2) is 0 Å². The Morgan fingerprint density at radius 1 is 1.50 bits per heavy atom. The minimum atomic E-state index is -0.499. The zero-order valence-corrected chi connectivity index (χ0v) is 8.71. The van der Waals surface area contributed by atoms with E-state index in [0.29, 0.717) is 11.4 Å². The van der Waals surface area contributed by atoms with Gasteiger partial charge in [-0.15, -0.1) is 0 Å². The second kappa shape index (κ2) is 4.98. The summed E-state index contributed by atoms with van der Waals surface area (Å²) >= 11 is 5.73. The highest BCUT2D eigenvalue weighted by Crippen LogP contribution is 2.10. The van der Waals surface area contributed by atoms with Gasteiger partial charge in [0.1, 0.15) is 0 Å². The second-order valence-electron chi connectivity index (χ2n) is 3.05. The summed E-state index contributed by atoms with van der Waals surface area (Å²) in [5.41, 5.74) is 6.66. The first-order chi connectivity index (χ1) is 6.63. The molecule has 0 unspecified atom stereocenters. The fraction of sp³-hybridized carbons (Fsp3) is 0.300. The van der Waals surface area contributed by atoms with Gasteiger partial charge in [0, 0.05) is 12.1 Å². The summed E-state index contributed by atoms with van der Waals surface area (Å²) in [7, 11) is 1.57. The maximum absolute atomic E-state index is 11.1. The topological polar surface area (TPSA) is 55.1 Å². The molecule has 1 rings (SSSR count). The van der Waals surface area contributed by atoms with Crippen molar-refractivity contribution in [1.82, 2.24) is 5.32 Å². The molecular weight excluding hydrogens is 200 g/mol. The second-order valence-corrected chi connectivity index (χ2v) is 3.49. The molecule has 0 aliphatic rings. The molecule has 0 bridgehead atoms. The van der Waals surface area contributed by atoms with Gasteiger partial charge >= 0.3 is 0 Å². The van der Waals surface area contributed by atoms with Gasteiger partial charge in [-0.2, -0.15) is 0 Å². The number of rotatable bonds is 3. The van der Waals surface area contributed by atoms with Gasteiger partial charge in [0.25, 0.3) is 0 Å². The molecule has 3 N–H and O–H groups in total. The van der Waals surface area contributed by atoms with Crippen LogP contribution in [0, 0.1) is 0 Å². The highest BCUT2D eigenvalue weighted by molar-refractivity contribution is 6.30. The van der Waals surface area contributed by atoms with Gasteiger partial charge in [-0.3, -0.25) is 4.79 Å². The number of hydrogen-bond acceptors (Lipinski definition) is 2. The molecule has 1 aromatic carbocycles. The molecule has 0 saturated heterocycles. The fourth-order valence-electron chi connectivity index (χ4n) is 1.15. The van der Waals surface area contributed by atoms with Crippen molar-refractivity contribution in [3.05, 3.63) is 34.9 Å². The van der Waals surface area contributed by atoms with E-state index in [4.69, 9.17) is 17.3 Å². The number of likely N-dealkylation sites (N-methyl/N-ethyl adjacent to an activating group) is 1. The Morgan fingerprint density at radius 2 is 2.07 bits per heavy atom.